The molecule has 1 aliphatic carbocycles. The molecule has 0 aromatic heterocycles. The number of fused-ring (bicyclic) bond motifs is 1. The Kier molecular flexibility index (Phi) is 4.44. The number of hydrogen-bond donors (Lipinski definition) is 1. The van der Waals surface area contributed by atoms with Crippen molar-refractivity contribution < 1.29 is 9.53 Å². The van der Waals surface area contributed by atoms with Crippen molar-refractivity contribution in [3.05, 3.63) is 35.4 Å². The molecule has 1 fully saturated rings. The molecule has 0 bridgehead atoms. The Morgan fingerprint density at radius 1 is 1.33 bits per heavy atom. The first-order valence-electron chi connectivity index (χ1n) is 8.00. The second-order valence-corrected chi connectivity index (χ2v) is 5.97. The first-order chi connectivity index (χ1) is 10.3. The Balaban J connectivity index is 1.40. The molecule has 4 heteroatoms. The zero-order valence-corrected chi connectivity index (χ0v) is 12.7. The zero-order chi connectivity index (χ0) is 14.7. The van der Waals surface area contributed by atoms with Crippen LogP contribution in [-0.2, 0) is 11.2 Å². The molecule has 1 aromatic rings. The van der Waals surface area contributed by atoms with Crippen molar-refractivity contribution in [2.45, 2.75) is 38.1 Å². The van der Waals surface area contributed by atoms with Gasteiger partial charge in [0.05, 0.1) is 6.61 Å². The molecule has 1 unspecified atom stereocenters. The Morgan fingerprint density at radius 2 is 2.10 bits per heavy atom. The topological polar surface area (TPSA) is 41.6 Å². The van der Waals surface area contributed by atoms with Crippen LogP contribution in [0.3, 0.4) is 0 Å². The van der Waals surface area contributed by atoms with Gasteiger partial charge in [0, 0.05) is 31.6 Å². The number of carbonyl (C=O) groups is 1. The predicted octanol–water partition coefficient (Wildman–Crippen LogP) is 2.54. The largest absolute Gasteiger partial charge is 0.450 e. The molecule has 2 aliphatic rings. The van der Waals surface area contributed by atoms with E-state index >= 15 is 0 Å². The summed E-state index contributed by atoms with van der Waals surface area (Å²) < 4.78 is 5.05. The van der Waals surface area contributed by atoms with Gasteiger partial charge in [0.15, 0.2) is 0 Å². The van der Waals surface area contributed by atoms with Crippen molar-refractivity contribution in [1.29, 1.82) is 0 Å². The van der Waals surface area contributed by atoms with Crippen LogP contribution in [0.2, 0.25) is 0 Å². The highest BCUT2D eigenvalue weighted by molar-refractivity contribution is 5.67. The van der Waals surface area contributed by atoms with Gasteiger partial charge in [-0.25, -0.2) is 4.79 Å². The van der Waals surface area contributed by atoms with E-state index in [1.54, 1.807) is 0 Å². The molecule has 3 rings (SSSR count). The summed E-state index contributed by atoms with van der Waals surface area (Å²) in [5.74, 6) is 0.671. The minimum Gasteiger partial charge on any atom is -0.450 e. The molecular weight excluding hydrogens is 264 g/mol. The third-order valence-corrected chi connectivity index (χ3v) is 4.64. The van der Waals surface area contributed by atoms with Gasteiger partial charge in [-0.3, -0.25) is 0 Å². The van der Waals surface area contributed by atoms with Crippen LogP contribution in [0.5, 0.6) is 0 Å². The highest BCUT2D eigenvalue weighted by atomic mass is 16.6. The Morgan fingerprint density at radius 3 is 2.81 bits per heavy atom. The number of nitrogens with one attached hydrogen (secondary N) is 1. The molecule has 21 heavy (non-hydrogen) atoms. The van der Waals surface area contributed by atoms with Crippen LogP contribution in [0.4, 0.5) is 4.79 Å². The van der Waals surface area contributed by atoms with Crippen LogP contribution in [0.1, 0.15) is 36.8 Å². The molecular formula is C17H24N2O2. The van der Waals surface area contributed by atoms with Gasteiger partial charge >= 0.3 is 6.09 Å². The highest BCUT2D eigenvalue weighted by Crippen LogP contribution is 2.34. The summed E-state index contributed by atoms with van der Waals surface area (Å²) >= 11 is 0. The first-order valence-corrected chi connectivity index (χ1v) is 8.00. The number of rotatable bonds is 4. The molecule has 1 aliphatic heterocycles. The van der Waals surface area contributed by atoms with Crippen LogP contribution in [0, 0.1) is 0 Å². The average Bonchev–Trinajstić information content (AvgIpc) is 2.49. The molecule has 0 spiro atoms. The van der Waals surface area contributed by atoms with E-state index in [1.807, 2.05) is 11.8 Å². The number of hydrogen-bond acceptors (Lipinski definition) is 3. The van der Waals surface area contributed by atoms with Crippen molar-refractivity contribution in [2.75, 3.05) is 26.2 Å². The van der Waals surface area contributed by atoms with Gasteiger partial charge in [-0.2, -0.15) is 0 Å². The van der Waals surface area contributed by atoms with Gasteiger partial charge in [-0.15, -0.1) is 0 Å². The summed E-state index contributed by atoms with van der Waals surface area (Å²) in [6.07, 6.45) is 3.08. The molecule has 1 N–H and O–H groups in total. The van der Waals surface area contributed by atoms with Crippen LogP contribution in [0.25, 0.3) is 0 Å². The number of nitrogens with zero attached hydrogens (tertiary/aromatic N) is 1. The van der Waals surface area contributed by atoms with E-state index in [1.165, 1.54) is 17.5 Å². The lowest BCUT2D eigenvalue weighted by atomic mass is 9.77. The zero-order valence-electron chi connectivity index (χ0n) is 12.7. The van der Waals surface area contributed by atoms with E-state index in [0.717, 1.165) is 32.5 Å². The minimum absolute atomic E-state index is 0.163. The maximum atomic E-state index is 11.6. The second kappa shape index (κ2) is 6.48. The first kappa shape index (κ1) is 14.4. The fraction of sp³-hybridized carbons (Fsp3) is 0.588. The second-order valence-electron chi connectivity index (χ2n) is 5.97. The van der Waals surface area contributed by atoms with E-state index in [9.17, 15) is 4.79 Å². The lowest BCUT2D eigenvalue weighted by Crippen LogP contribution is -2.46. The number of benzene rings is 1. The van der Waals surface area contributed by atoms with Crippen molar-refractivity contribution in [3.8, 4) is 0 Å². The molecule has 1 saturated heterocycles. The maximum absolute atomic E-state index is 11.6. The Labute approximate surface area is 126 Å². The molecule has 0 radical (unpaired) electrons. The number of carbonyl (C=O) groups excluding carboxylic acids is 1. The Bertz CT molecular complexity index is 495. The van der Waals surface area contributed by atoms with Crippen molar-refractivity contribution in [2.24, 2.45) is 0 Å². The van der Waals surface area contributed by atoms with Gasteiger partial charge in [-0.05, 0) is 37.3 Å². The summed E-state index contributed by atoms with van der Waals surface area (Å²) in [5, 5.41) is 3.68. The molecule has 1 aromatic carbocycles. The highest BCUT2D eigenvalue weighted by Gasteiger charge is 2.27. The fourth-order valence-corrected chi connectivity index (χ4v) is 3.33. The van der Waals surface area contributed by atoms with Crippen LogP contribution >= 0.6 is 0 Å². The molecule has 0 saturated carbocycles. The quantitative estimate of drug-likeness (QED) is 0.925. The number of ether oxygens (including phenoxy) is 1. The van der Waals surface area contributed by atoms with E-state index in [4.69, 9.17) is 4.74 Å². The Hall–Kier alpha value is -1.55. The van der Waals surface area contributed by atoms with Gasteiger partial charge < -0.3 is 15.0 Å². The fourth-order valence-electron chi connectivity index (χ4n) is 3.33. The van der Waals surface area contributed by atoms with Gasteiger partial charge in [0.1, 0.15) is 0 Å². The SMILES string of the molecule is CCOC(=O)N1CCC(NCC2Cc3ccccc32)CC1. The van der Waals surface area contributed by atoms with Crippen LogP contribution in [0.15, 0.2) is 24.3 Å². The summed E-state index contributed by atoms with van der Waals surface area (Å²) in [6.45, 7) is 4.97. The average molecular weight is 288 g/mol. The molecule has 114 valence electrons. The van der Waals surface area contributed by atoms with E-state index < -0.39 is 0 Å². The standard InChI is InChI=1S/C17H24N2O2/c1-2-21-17(20)19-9-7-15(8-10-19)18-12-14-11-13-5-3-4-6-16(13)14/h3-6,14-15,18H,2,7-12H2,1H3. The normalized spacial score (nSPS) is 21.6. The summed E-state index contributed by atoms with van der Waals surface area (Å²) in [4.78, 5) is 13.5. The lowest BCUT2D eigenvalue weighted by Gasteiger charge is -2.35. The molecule has 1 amide bonds. The third kappa shape index (κ3) is 3.21. The van der Waals surface area contributed by atoms with Gasteiger partial charge in [-0.1, -0.05) is 24.3 Å². The predicted molar refractivity (Wildman–Crippen MR) is 82.5 cm³/mol. The number of amides is 1. The lowest BCUT2D eigenvalue weighted by molar-refractivity contribution is 0.0949. The van der Waals surface area contributed by atoms with Crippen LogP contribution < -0.4 is 5.32 Å². The molecule has 1 atom stereocenters. The van der Waals surface area contributed by atoms with Gasteiger partial charge in [0.2, 0.25) is 0 Å². The molecule has 4 nitrogen and oxygen atoms in total. The van der Waals surface area contributed by atoms with E-state index in [2.05, 4.69) is 29.6 Å². The van der Waals surface area contributed by atoms with Crippen LogP contribution in [-0.4, -0.2) is 43.3 Å². The van der Waals surface area contributed by atoms with E-state index in [-0.39, 0.29) is 6.09 Å². The third-order valence-electron chi connectivity index (χ3n) is 4.64. The summed E-state index contributed by atoms with van der Waals surface area (Å²) in [7, 11) is 0. The number of piperidine rings is 1. The smallest absolute Gasteiger partial charge is 0.409 e. The van der Waals surface area contributed by atoms with Crippen molar-refractivity contribution >= 4 is 6.09 Å². The maximum Gasteiger partial charge on any atom is 0.409 e. The monoisotopic (exact) mass is 288 g/mol. The molecule has 1 heterocycles. The summed E-state index contributed by atoms with van der Waals surface area (Å²) in [6, 6.07) is 9.25. The minimum atomic E-state index is -0.163. The van der Waals surface area contributed by atoms with Crippen molar-refractivity contribution in [1.82, 2.24) is 10.2 Å². The van der Waals surface area contributed by atoms with E-state index in [0.29, 0.717) is 18.6 Å². The van der Waals surface area contributed by atoms with Crippen molar-refractivity contribution in [3.63, 3.8) is 0 Å². The van der Waals surface area contributed by atoms with Gasteiger partial charge in [0.25, 0.3) is 0 Å². The number of likely N-dealkylation sites (tertiary alicyclic amines) is 1. The summed E-state index contributed by atoms with van der Waals surface area (Å²) in [5.41, 5.74) is 3.01.